The van der Waals surface area contributed by atoms with Crippen molar-refractivity contribution in [1.82, 2.24) is 15.0 Å². The molecule has 0 unspecified atom stereocenters. The highest BCUT2D eigenvalue weighted by Gasteiger charge is 2.47. The summed E-state index contributed by atoms with van der Waals surface area (Å²) < 4.78 is 28.0. The van der Waals surface area contributed by atoms with Gasteiger partial charge in [-0.1, -0.05) is 36.7 Å². The Morgan fingerprint density at radius 1 is 1.28 bits per heavy atom. The van der Waals surface area contributed by atoms with Crippen molar-refractivity contribution in [3.8, 4) is 6.07 Å². The van der Waals surface area contributed by atoms with Gasteiger partial charge in [0.2, 0.25) is 0 Å². The largest absolute Gasteiger partial charge is 0.365 e. The molecule has 1 fully saturated rings. The maximum atomic E-state index is 14.0. The van der Waals surface area contributed by atoms with Gasteiger partial charge in [-0.05, 0) is 30.5 Å². The number of hydrogen-bond acceptors (Lipinski definition) is 5. The Balaban J connectivity index is 1.65. The summed E-state index contributed by atoms with van der Waals surface area (Å²) in [6.07, 6.45) is 2.60. The molecule has 0 amide bonds. The zero-order chi connectivity index (χ0) is 20.6. The number of fused-ring (bicyclic) bond motifs is 1. The van der Waals surface area contributed by atoms with E-state index in [0.29, 0.717) is 34.5 Å². The molecule has 29 heavy (non-hydrogen) atoms. The highest BCUT2D eigenvalue weighted by molar-refractivity contribution is 6.30. The number of anilines is 1. The normalized spacial score (nSPS) is 15.1. The van der Waals surface area contributed by atoms with E-state index in [0.717, 1.165) is 12.8 Å². The second-order valence-electron chi connectivity index (χ2n) is 7.23. The molecule has 1 N–H and O–H groups in total. The molecule has 0 radical (unpaired) electrons. The van der Waals surface area contributed by atoms with Gasteiger partial charge in [0.15, 0.2) is 5.65 Å². The summed E-state index contributed by atoms with van der Waals surface area (Å²) in [4.78, 5) is 12.8. The summed E-state index contributed by atoms with van der Waals surface area (Å²) in [5.74, 6) is -2.34. The van der Waals surface area contributed by atoms with Crippen LogP contribution in [-0.2, 0) is 17.9 Å². The van der Waals surface area contributed by atoms with Crippen LogP contribution in [0.3, 0.4) is 0 Å². The van der Waals surface area contributed by atoms with Crippen molar-refractivity contribution >= 4 is 28.5 Å². The molecule has 2 aromatic heterocycles. The van der Waals surface area contributed by atoms with Gasteiger partial charge in [-0.15, -0.1) is 0 Å². The molecular weight excluding hydrogens is 396 g/mol. The van der Waals surface area contributed by atoms with Crippen molar-refractivity contribution < 1.29 is 8.78 Å². The van der Waals surface area contributed by atoms with Crippen LogP contribution >= 0.6 is 11.6 Å². The maximum Gasteiger partial charge on any atom is 0.273 e. The predicted octanol–water partition coefficient (Wildman–Crippen LogP) is 5.35. The number of pyridine rings is 1. The molecule has 4 rings (SSSR count). The highest BCUT2D eigenvalue weighted by atomic mass is 35.5. The smallest absolute Gasteiger partial charge is 0.273 e. The minimum Gasteiger partial charge on any atom is -0.365 e. The minimum atomic E-state index is -2.86. The van der Waals surface area contributed by atoms with E-state index >= 15 is 0 Å². The second-order valence-corrected chi connectivity index (χ2v) is 7.58. The van der Waals surface area contributed by atoms with Crippen molar-refractivity contribution in [2.75, 3.05) is 5.32 Å². The lowest BCUT2D eigenvalue weighted by Gasteiger charge is -2.16. The van der Waals surface area contributed by atoms with Gasteiger partial charge in [-0.2, -0.15) is 5.26 Å². The number of aromatic nitrogens is 3. The van der Waals surface area contributed by atoms with Crippen molar-refractivity contribution in [3.63, 3.8) is 0 Å². The molecule has 2 heterocycles. The fraction of sp³-hybridized carbons (Fsp3) is 0.333. The number of nitrogens with one attached hydrogen (secondary N) is 1. The van der Waals surface area contributed by atoms with Crippen LogP contribution in [0.2, 0.25) is 5.15 Å². The van der Waals surface area contributed by atoms with Gasteiger partial charge in [0, 0.05) is 24.1 Å². The zero-order valence-corrected chi connectivity index (χ0v) is 16.5. The quantitative estimate of drug-likeness (QED) is 0.551. The third-order valence-corrected chi connectivity index (χ3v) is 5.60. The molecule has 0 aliphatic heterocycles. The van der Waals surface area contributed by atoms with E-state index < -0.39 is 11.3 Å². The fourth-order valence-corrected chi connectivity index (χ4v) is 3.62. The molecule has 0 bridgehead atoms. The topological polar surface area (TPSA) is 74.5 Å². The molecule has 0 atom stereocenters. The van der Waals surface area contributed by atoms with Gasteiger partial charge < -0.3 is 5.32 Å². The van der Waals surface area contributed by atoms with E-state index in [9.17, 15) is 14.0 Å². The number of nitrogens with zero attached hydrogens (tertiary/aromatic N) is 4. The number of alkyl halides is 2. The van der Waals surface area contributed by atoms with Crippen molar-refractivity contribution in [2.45, 2.75) is 44.1 Å². The fourth-order valence-electron chi connectivity index (χ4n) is 3.31. The number of benzene rings is 1. The lowest BCUT2D eigenvalue weighted by atomic mass is 9.98. The van der Waals surface area contributed by atoms with Crippen LogP contribution < -0.4 is 5.32 Å². The number of hydrogen-bond donors (Lipinski definition) is 1. The van der Waals surface area contributed by atoms with E-state index in [1.165, 1.54) is 25.4 Å². The summed E-state index contributed by atoms with van der Waals surface area (Å²) in [6.45, 7) is 1.77. The highest BCUT2D eigenvalue weighted by Crippen LogP contribution is 2.50. The Hall–Kier alpha value is -2.85. The Bertz CT molecular complexity index is 1120. The molecule has 148 valence electrons. The molecule has 8 heteroatoms. The minimum absolute atomic E-state index is 0.00715. The van der Waals surface area contributed by atoms with E-state index in [1.807, 2.05) is 6.07 Å². The van der Waals surface area contributed by atoms with Crippen LogP contribution in [0.5, 0.6) is 0 Å². The summed E-state index contributed by atoms with van der Waals surface area (Å²) in [7, 11) is 0. The monoisotopic (exact) mass is 413 g/mol. The van der Waals surface area contributed by atoms with Gasteiger partial charge in [-0.25, -0.2) is 23.7 Å². The first kappa shape index (κ1) is 19.5. The summed E-state index contributed by atoms with van der Waals surface area (Å²) >= 11 is 6.29. The first-order valence-electron chi connectivity index (χ1n) is 9.32. The van der Waals surface area contributed by atoms with Crippen LogP contribution in [-0.4, -0.2) is 15.0 Å². The van der Waals surface area contributed by atoms with E-state index in [-0.39, 0.29) is 17.1 Å². The van der Waals surface area contributed by atoms with Crippen LogP contribution in [0.15, 0.2) is 36.7 Å². The first-order chi connectivity index (χ1) is 13.9. The van der Waals surface area contributed by atoms with E-state index in [1.54, 1.807) is 12.1 Å². The Kier molecular flexibility index (Phi) is 4.83. The van der Waals surface area contributed by atoms with Crippen LogP contribution in [0.1, 0.15) is 42.9 Å². The van der Waals surface area contributed by atoms with Gasteiger partial charge >= 0.3 is 0 Å². The molecule has 1 aliphatic carbocycles. The van der Waals surface area contributed by atoms with Crippen molar-refractivity contribution in [3.05, 3.63) is 58.5 Å². The third kappa shape index (κ3) is 3.60. The van der Waals surface area contributed by atoms with Crippen molar-refractivity contribution in [1.29, 1.82) is 5.26 Å². The summed E-state index contributed by atoms with van der Waals surface area (Å²) in [5.41, 5.74) is 1.20. The maximum absolute atomic E-state index is 14.0. The molecule has 1 saturated carbocycles. The van der Waals surface area contributed by atoms with Crippen LogP contribution in [0.25, 0.3) is 11.0 Å². The molecule has 5 nitrogen and oxygen atoms in total. The van der Waals surface area contributed by atoms with E-state index in [4.69, 9.17) is 11.6 Å². The lowest BCUT2D eigenvalue weighted by Crippen LogP contribution is -2.12. The number of nitriles is 1. The van der Waals surface area contributed by atoms with Crippen molar-refractivity contribution in [2.24, 2.45) is 0 Å². The van der Waals surface area contributed by atoms with Gasteiger partial charge in [0.25, 0.3) is 5.92 Å². The molecule has 3 aromatic rings. The molecular formula is C21H18ClF2N5. The average molecular weight is 414 g/mol. The Morgan fingerprint density at radius 2 is 2.07 bits per heavy atom. The van der Waals surface area contributed by atoms with Gasteiger partial charge in [-0.3, -0.25) is 0 Å². The third-order valence-electron chi connectivity index (χ3n) is 5.31. The molecule has 1 aliphatic rings. The molecule has 0 spiro atoms. The van der Waals surface area contributed by atoms with Crippen LogP contribution in [0, 0.1) is 11.3 Å². The first-order valence-corrected chi connectivity index (χ1v) is 9.70. The second kappa shape index (κ2) is 7.20. The van der Waals surface area contributed by atoms with Gasteiger partial charge in [0.1, 0.15) is 17.3 Å². The summed E-state index contributed by atoms with van der Waals surface area (Å²) in [6, 6.07) is 10.5. The standard InChI is InChI=1S/C21H18ClF2N5/c1-2-21(23,24)14-5-3-4-13(8-14)10-26-18-15-9-16(20(11-25)6-7-20)17(22)29-19(15)28-12-27-18/h3-5,8-9,12H,2,6-7,10H2,1H3,(H,26,27,28,29). The van der Waals surface area contributed by atoms with Crippen LogP contribution in [0.4, 0.5) is 14.6 Å². The SMILES string of the molecule is CCC(F)(F)c1cccc(CNc2ncnc3nc(Cl)c(C4(C#N)CC4)cc23)c1. The zero-order valence-electron chi connectivity index (χ0n) is 15.7. The summed E-state index contributed by atoms with van der Waals surface area (Å²) in [5, 5.41) is 13.6. The average Bonchev–Trinajstić information content (AvgIpc) is 3.53. The van der Waals surface area contributed by atoms with E-state index in [2.05, 4.69) is 26.3 Å². The predicted molar refractivity (Wildman–Crippen MR) is 107 cm³/mol. The lowest BCUT2D eigenvalue weighted by molar-refractivity contribution is -0.00835. The molecule has 0 saturated heterocycles. The number of rotatable bonds is 6. The molecule has 1 aromatic carbocycles. The Morgan fingerprint density at radius 3 is 2.76 bits per heavy atom. The van der Waals surface area contributed by atoms with Gasteiger partial charge in [0.05, 0.1) is 16.9 Å². The Labute approximate surface area is 171 Å². The number of halogens is 3.